The van der Waals surface area contributed by atoms with E-state index in [-0.39, 0.29) is 24.6 Å². The van der Waals surface area contributed by atoms with Gasteiger partial charge in [-0.15, -0.1) is 11.3 Å². The lowest BCUT2D eigenvalue weighted by Crippen LogP contribution is -2.12. The molecule has 3 rings (SSSR count). The SMILES string of the molecule is CCOC(=O)CC(=O)CSc1ncnc2sc(-c3ccccc3)cc12. The Labute approximate surface area is 153 Å². The van der Waals surface area contributed by atoms with Gasteiger partial charge in [0.05, 0.1) is 12.4 Å². The zero-order valence-corrected chi connectivity index (χ0v) is 15.2. The number of fused-ring (bicyclic) bond motifs is 1. The lowest BCUT2D eigenvalue weighted by molar-refractivity contribution is -0.145. The Kier molecular flexibility index (Phi) is 5.78. The first-order chi connectivity index (χ1) is 12.2. The van der Waals surface area contributed by atoms with Gasteiger partial charge in [0.2, 0.25) is 0 Å². The number of thioether (sulfide) groups is 1. The molecule has 0 aliphatic rings. The highest BCUT2D eigenvalue weighted by atomic mass is 32.2. The number of esters is 1. The fraction of sp³-hybridized carbons (Fsp3) is 0.222. The van der Waals surface area contributed by atoms with Gasteiger partial charge in [0.1, 0.15) is 22.6 Å². The smallest absolute Gasteiger partial charge is 0.313 e. The number of ether oxygens (including phenoxy) is 1. The van der Waals surface area contributed by atoms with Crippen molar-refractivity contribution in [2.75, 3.05) is 12.4 Å². The van der Waals surface area contributed by atoms with E-state index in [9.17, 15) is 9.59 Å². The van der Waals surface area contributed by atoms with E-state index >= 15 is 0 Å². The second-order valence-electron chi connectivity index (χ2n) is 5.18. The highest BCUT2D eigenvalue weighted by molar-refractivity contribution is 8.00. The number of Topliss-reactive ketones (excluding diaryl/α,β-unsaturated/α-hetero) is 1. The summed E-state index contributed by atoms with van der Waals surface area (Å²) in [5.41, 5.74) is 1.12. The van der Waals surface area contributed by atoms with E-state index in [0.717, 1.165) is 25.7 Å². The lowest BCUT2D eigenvalue weighted by atomic mass is 10.2. The van der Waals surface area contributed by atoms with Crippen LogP contribution >= 0.6 is 23.1 Å². The lowest BCUT2D eigenvalue weighted by Gasteiger charge is -2.02. The predicted molar refractivity (Wildman–Crippen MR) is 99.8 cm³/mol. The Morgan fingerprint density at radius 3 is 2.76 bits per heavy atom. The molecule has 0 spiro atoms. The molecule has 7 heteroatoms. The normalized spacial score (nSPS) is 10.8. The molecule has 0 bridgehead atoms. The van der Waals surface area contributed by atoms with Crippen LogP contribution in [0.1, 0.15) is 13.3 Å². The first-order valence-electron chi connectivity index (χ1n) is 7.77. The number of carbonyl (C=O) groups excluding carboxylic acids is 2. The average molecular weight is 372 g/mol. The molecule has 25 heavy (non-hydrogen) atoms. The fourth-order valence-electron chi connectivity index (χ4n) is 2.27. The molecule has 3 aromatic rings. The second kappa shape index (κ2) is 8.22. The summed E-state index contributed by atoms with van der Waals surface area (Å²) in [5.74, 6) is -0.474. The summed E-state index contributed by atoms with van der Waals surface area (Å²) < 4.78 is 4.79. The molecule has 0 saturated heterocycles. The molecule has 2 aromatic heterocycles. The minimum Gasteiger partial charge on any atom is -0.466 e. The molecule has 2 heterocycles. The van der Waals surface area contributed by atoms with Gasteiger partial charge < -0.3 is 4.74 Å². The maximum absolute atomic E-state index is 11.9. The molecule has 0 amide bonds. The van der Waals surface area contributed by atoms with Crippen LogP contribution in [0.4, 0.5) is 0 Å². The van der Waals surface area contributed by atoms with Crippen LogP contribution in [0.15, 0.2) is 47.8 Å². The molecular formula is C18H16N2O3S2. The fourth-order valence-corrected chi connectivity index (χ4v) is 4.17. The summed E-state index contributed by atoms with van der Waals surface area (Å²) in [6.45, 7) is 2.00. The Morgan fingerprint density at radius 1 is 1.20 bits per heavy atom. The molecule has 0 radical (unpaired) electrons. The third-order valence-corrected chi connectivity index (χ3v) is 5.53. The van der Waals surface area contributed by atoms with Crippen LogP contribution in [0, 0.1) is 0 Å². The van der Waals surface area contributed by atoms with Crippen molar-refractivity contribution in [3.63, 3.8) is 0 Å². The van der Waals surface area contributed by atoms with E-state index < -0.39 is 5.97 Å². The maximum Gasteiger partial charge on any atom is 0.313 e. The van der Waals surface area contributed by atoms with E-state index in [0.29, 0.717) is 0 Å². The highest BCUT2D eigenvalue weighted by Crippen LogP contribution is 2.36. The maximum atomic E-state index is 11.9. The predicted octanol–water partition coefficient (Wildman–Crippen LogP) is 3.97. The van der Waals surface area contributed by atoms with Crippen LogP contribution in [0.5, 0.6) is 0 Å². The summed E-state index contributed by atoms with van der Waals surface area (Å²) in [6.07, 6.45) is 1.31. The number of thiophene rings is 1. The molecule has 0 aliphatic heterocycles. The van der Waals surface area contributed by atoms with Gasteiger partial charge in [-0.25, -0.2) is 9.97 Å². The van der Waals surface area contributed by atoms with E-state index in [1.165, 1.54) is 18.1 Å². The van der Waals surface area contributed by atoms with Crippen LogP contribution in [0.3, 0.4) is 0 Å². The number of hydrogen-bond donors (Lipinski definition) is 0. The summed E-state index contributed by atoms with van der Waals surface area (Å²) in [5, 5.41) is 1.68. The molecule has 0 atom stereocenters. The number of aromatic nitrogens is 2. The monoisotopic (exact) mass is 372 g/mol. The van der Waals surface area contributed by atoms with E-state index in [1.807, 2.05) is 36.4 Å². The van der Waals surface area contributed by atoms with Crippen molar-refractivity contribution in [2.45, 2.75) is 18.4 Å². The Balaban J connectivity index is 1.75. The number of ketones is 1. The van der Waals surface area contributed by atoms with Gasteiger partial charge in [0.25, 0.3) is 0 Å². The van der Waals surface area contributed by atoms with Crippen LogP contribution in [0.25, 0.3) is 20.7 Å². The molecule has 0 fully saturated rings. The van der Waals surface area contributed by atoms with E-state index in [1.54, 1.807) is 18.3 Å². The summed E-state index contributed by atoms with van der Waals surface area (Å²) in [7, 11) is 0. The number of benzene rings is 1. The van der Waals surface area contributed by atoms with Gasteiger partial charge in [-0.05, 0) is 18.6 Å². The summed E-state index contributed by atoms with van der Waals surface area (Å²) >= 11 is 2.92. The average Bonchev–Trinajstić information content (AvgIpc) is 3.05. The van der Waals surface area contributed by atoms with Gasteiger partial charge in [0.15, 0.2) is 5.78 Å². The largest absolute Gasteiger partial charge is 0.466 e. The van der Waals surface area contributed by atoms with Crippen molar-refractivity contribution in [1.29, 1.82) is 0 Å². The van der Waals surface area contributed by atoms with Crippen LogP contribution in [-0.2, 0) is 14.3 Å². The first kappa shape index (κ1) is 17.6. The molecule has 1 aromatic carbocycles. The van der Waals surface area contributed by atoms with Crippen molar-refractivity contribution in [3.05, 3.63) is 42.7 Å². The second-order valence-corrected chi connectivity index (χ2v) is 7.18. The van der Waals surface area contributed by atoms with Crippen molar-refractivity contribution in [1.82, 2.24) is 9.97 Å². The Hall–Kier alpha value is -2.25. The zero-order valence-electron chi connectivity index (χ0n) is 13.6. The molecule has 5 nitrogen and oxygen atoms in total. The number of nitrogens with zero attached hydrogens (tertiary/aromatic N) is 2. The van der Waals surface area contributed by atoms with Gasteiger partial charge in [-0.1, -0.05) is 42.1 Å². The van der Waals surface area contributed by atoms with Gasteiger partial charge in [-0.2, -0.15) is 0 Å². The molecule has 0 unspecified atom stereocenters. The number of hydrogen-bond acceptors (Lipinski definition) is 7. The number of carbonyl (C=O) groups is 2. The van der Waals surface area contributed by atoms with Gasteiger partial charge >= 0.3 is 5.97 Å². The number of rotatable bonds is 7. The van der Waals surface area contributed by atoms with Crippen LogP contribution < -0.4 is 0 Å². The van der Waals surface area contributed by atoms with Crippen LogP contribution in [0.2, 0.25) is 0 Å². The van der Waals surface area contributed by atoms with E-state index in [4.69, 9.17) is 4.74 Å². The zero-order chi connectivity index (χ0) is 17.6. The third kappa shape index (κ3) is 4.43. The minimum absolute atomic E-state index is 0.172. The summed E-state index contributed by atoms with van der Waals surface area (Å²) in [6, 6.07) is 12.1. The van der Waals surface area contributed by atoms with Crippen molar-refractivity contribution < 1.29 is 14.3 Å². The molecule has 0 aliphatic carbocycles. The molecule has 0 N–H and O–H groups in total. The van der Waals surface area contributed by atoms with E-state index in [2.05, 4.69) is 9.97 Å². The standard InChI is InChI=1S/C18H16N2O3S2/c1-2-23-16(22)8-13(21)10-24-17-14-9-15(12-6-4-3-5-7-12)25-18(14)20-11-19-17/h3-7,9,11H,2,8,10H2,1H3. The third-order valence-electron chi connectivity index (χ3n) is 3.37. The van der Waals surface area contributed by atoms with Gasteiger partial charge in [0, 0.05) is 10.3 Å². The van der Waals surface area contributed by atoms with Crippen molar-refractivity contribution in [2.24, 2.45) is 0 Å². The van der Waals surface area contributed by atoms with Gasteiger partial charge in [-0.3, -0.25) is 9.59 Å². The Morgan fingerprint density at radius 2 is 2.00 bits per heavy atom. The molecule has 0 saturated carbocycles. The Bertz CT molecular complexity index is 894. The highest BCUT2D eigenvalue weighted by Gasteiger charge is 2.14. The molecular weight excluding hydrogens is 356 g/mol. The molecule has 128 valence electrons. The van der Waals surface area contributed by atoms with Crippen molar-refractivity contribution >= 4 is 45.1 Å². The van der Waals surface area contributed by atoms with Crippen molar-refractivity contribution in [3.8, 4) is 10.4 Å². The quantitative estimate of drug-likeness (QED) is 0.270. The van der Waals surface area contributed by atoms with Crippen LogP contribution in [-0.4, -0.2) is 34.1 Å². The first-order valence-corrected chi connectivity index (χ1v) is 9.57. The summed E-state index contributed by atoms with van der Waals surface area (Å²) in [4.78, 5) is 33.9. The topological polar surface area (TPSA) is 69.2 Å². The minimum atomic E-state index is -0.483.